The molecule has 0 aliphatic carbocycles. The lowest BCUT2D eigenvalue weighted by Crippen LogP contribution is -2.25. The van der Waals surface area contributed by atoms with E-state index in [9.17, 15) is 4.79 Å². The monoisotopic (exact) mass is 250 g/mol. The van der Waals surface area contributed by atoms with Crippen LogP contribution in [0.3, 0.4) is 0 Å². The molecular formula is C11H11ClN4O. The molecule has 2 rings (SSSR count). The van der Waals surface area contributed by atoms with Crippen molar-refractivity contribution in [1.82, 2.24) is 20.5 Å². The summed E-state index contributed by atoms with van der Waals surface area (Å²) >= 11 is 5.80. The molecule has 2 N–H and O–H groups in total. The van der Waals surface area contributed by atoms with Gasteiger partial charge in [0.2, 0.25) is 0 Å². The van der Waals surface area contributed by atoms with Crippen LogP contribution in [0.4, 0.5) is 0 Å². The average Bonchev–Trinajstić information content (AvgIpc) is 2.82. The van der Waals surface area contributed by atoms with Crippen LogP contribution in [0.1, 0.15) is 16.2 Å². The van der Waals surface area contributed by atoms with Crippen molar-refractivity contribution in [2.45, 2.75) is 6.42 Å². The minimum atomic E-state index is -0.146. The number of amides is 1. The molecule has 0 spiro atoms. The molecule has 0 aliphatic rings. The molecule has 0 saturated heterocycles. The van der Waals surface area contributed by atoms with E-state index in [1.165, 1.54) is 6.33 Å². The zero-order valence-electron chi connectivity index (χ0n) is 8.98. The van der Waals surface area contributed by atoms with Crippen molar-refractivity contribution in [1.29, 1.82) is 0 Å². The maximum atomic E-state index is 11.7. The average molecular weight is 251 g/mol. The maximum absolute atomic E-state index is 11.7. The molecule has 0 unspecified atom stereocenters. The van der Waals surface area contributed by atoms with Crippen LogP contribution in [0, 0.1) is 0 Å². The summed E-state index contributed by atoms with van der Waals surface area (Å²) in [6.07, 6.45) is 2.06. The molecule has 5 nitrogen and oxygen atoms in total. The van der Waals surface area contributed by atoms with Crippen molar-refractivity contribution >= 4 is 17.5 Å². The number of halogens is 1. The summed E-state index contributed by atoms with van der Waals surface area (Å²) in [4.78, 5) is 15.7. The highest BCUT2D eigenvalue weighted by Crippen LogP contribution is 2.10. The number of nitrogens with zero attached hydrogens (tertiary/aromatic N) is 2. The molecule has 0 bridgehead atoms. The maximum Gasteiger partial charge on any atom is 0.251 e. The summed E-state index contributed by atoms with van der Waals surface area (Å²) in [5.41, 5.74) is 0.551. The van der Waals surface area contributed by atoms with E-state index in [2.05, 4.69) is 20.5 Å². The smallest absolute Gasteiger partial charge is 0.251 e. The Morgan fingerprint density at radius 3 is 3.06 bits per heavy atom. The fraction of sp³-hybridized carbons (Fsp3) is 0.182. The molecule has 1 aromatic heterocycles. The number of carbonyl (C=O) groups is 1. The summed E-state index contributed by atoms with van der Waals surface area (Å²) in [6, 6.07) is 6.82. The quantitative estimate of drug-likeness (QED) is 0.862. The fourth-order valence-electron chi connectivity index (χ4n) is 1.38. The van der Waals surface area contributed by atoms with Crippen LogP contribution in [0.25, 0.3) is 0 Å². The highest BCUT2D eigenvalue weighted by Gasteiger charge is 2.05. The van der Waals surface area contributed by atoms with Crippen molar-refractivity contribution in [2.24, 2.45) is 0 Å². The summed E-state index contributed by atoms with van der Waals surface area (Å²) in [6.45, 7) is 0.501. The second kappa shape index (κ2) is 5.45. The van der Waals surface area contributed by atoms with Gasteiger partial charge in [-0.1, -0.05) is 17.7 Å². The Hall–Kier alpha value is -1.88. The topological polar surface area (TPSA) is 70.7 Å². The lowest BCUT2D eigenvalue weighted by atomic mass is 10.2. The predicted octanol–water partition coefficient (Wildman–Crippen LogP) is 1.43. The number of carbonyl (C=O) groups excluding carboxylic acids is 1. The van der Waals surface area contributed by atoms with Gasteiger partial charge in [0.25, 0.3) is 5.91 Å². The molecule has 0 fully saturated rings. The Kier molecular flexibility index (Phi) is 3.72. The third kappa shape index (κ3) is 3.29. The summed E-state index contributed by atoms with van der Waals surface area (Å²) in [5, 5.41) is 9.78. The largest absolute Gasteiger partial charge is 0.352 e. The van der Waals surface area contributed by atoms with Crippen LogP contribution in [0.5, 0.6) is 0 Å². The van der Waals surface area contributed by atoms with Gasteiger partial charge in [-0.15, -0.1) is 0 Å². The first-order valence-corrected chi connectivity index (χ1v) is 5.51. The fourth-order valence-corrected chi connectivity index (χ4v) is 1.57. The molecule has 88 valence electrons. The van der Waals surface area contributed by atoms with Crippen molar-refractivity contribution < 1.29 is 4.79 Å². The zero-order valence-corrected chi connectivity index (χ0v) is 9.74. The Morgan fingerprint density at radius 1 is 1.47 bits per heavy atom. The molecule has 0 aliphatic heterocycles. The van der Waals surface area contributed by atoms with E-state index in [4.69, 9.17) is 11.6 Å². The first-order valence-electron chi connectivity index (χ1n) is 5.14. The molecule has 0 atom stereocenters. The van der Waals surface area contributed by atoms with Crippen LogP contribution >= 0.6 is 11.6 Å². The molecule has 1 aromatic carbocycles. The number of H-pyrrole nitrogens is 1. The van der Waals surface area contributed by atoms with Crippen molar-refractivity contribution in [3.05, 3.63) is 47.0 Å². The van der Waals surface area contributed by atoms with Crippen LogP contribution in [0.2, 0.25) is 5.02 Å². The third-order valence-corrected chi connectivity index (χ3v) is 2.43. The number of rotatable bonds is 4. The van der Waals surface area contributed by atoms with E-state index in [1.807, 2.05) is 0 Å². The van der Waals surface area contributed by atoms with Gasteiger partial charge in [0.15, 0.2) is 0 Å². The van der Waals surface area contributed by atoms with Crippen molar-refractivity contribution in [3.63, 3.8) is 0 Å². The van der Waals surface area contributed by atoms with Crippen molar-refractivity contribution in [3.8, 4) is 0 Å². The Morgan fingerprint density at radius 2 is 2.35 bits per heavy atom. The number of aromatic amines is 1. The first-order chi connectivity index (χ1) is 8.25. The van der Waals surface area contributed by atoms with Gasteiger partial charge in [0, 0.05) is 23.6 Å². The van der Waals surface area contributed by atoms with Gasteiger partial charge < -0.3 is 5.32 Å². The van der Waals surface area contributed by atoms with E-state index in [0.717, 1.165) is 5.82 Å². The van der Waals surface area contributed by atoms with Gasteiger partial charge in [-0.05, 0) is 18.2 Å². The minimum absolute atomic E-state index is 0.146. The standard InChI is InChI=1S/C11H11ClN4O/c12-9-3-1-2-8(6-9)11(17)13-5-4-10-14-7-15-16-10/h1-3,6-7H,4-5H2,(H,13,17)(H,14,15,16). The van der Waals surface area contributed by atoms with Gasteiger partial charge in [-0.2, -0.15) is 5.10 Å². The minimum Gasteiger partial charge on any atom is -0.352 e. The van der Waals surface area contributed by atoms with E-state index in [0.29, 0.717) is 23.6 Å². The molecule has 1 heterocycles. The summed E-state index contributed by atoms with van der Waals surface area (Å²) in [7, 11) is 0. The molecule has 17 heavy (non-hydrogen) atoms. The highest BCUT2D eigenvalue weighted by molar-refractivity contribution is 6.30. The Labute approximate surface area is 103 Å². The van der Waals surface area contributed by atoms with Gasteiger partial charge in [-0.3, -0.25) is 9.89 Å². The number of hydrogen-bond acceptors (Lipinski definition) is 3. The van der Waals surface area contributed by atoms with Crippen LogP contribution in [-0.2, 0) is 6.42 Å². The highest BCUT2D eigenvalue weighted by atomic mass is 35.5. The molecule has 6 heteroatoms. The van der Waals surface area contributed by atoms with Crippen LogP contribution in [-0.4, -0.2) is 27.6 Å². The number of nitrogens with one attached hydrogen (secondary N) is 2. The van der Waals surface area contributed by atoms with Gasteiger partial charge in [0.1, 0.15) is 12.2 Å². The zero-order chi connectivity index (χ0) is 12.1. The van der Waals surface area contributed by atoms with Crippen LogP contribution < -0.4 is 5.32 Å². The second-order valence-corrected chi connectivity index (χ2v) is 3.88. The molecule has 0 saturated carbocycles. The number of benzene rings is 1. The van der Waals surface area contributed by atoms with E-state index < -0.39 is 0 Å². The summed E-state index contributed by atoms with van der Waals surface area (Å²) < 4.78 is 0. The van der Waals surface area contributed by atoms with E-state index in [1.54, 1.807) is 24.3 Å². The summed E-state index contributed by atoms with van der Waals surface area (Å²) in [5.74, 6) is 0.600. The first kappa shape index (κ1) is 11.6. The lowest BCUT2D eigenvalue weighted by molar-refractivity contribution is 0.0954. The lowest BCUT2D eigenvalue weighted by Gasteiger charge is -2.03. The second-order valence-electron chi connectivity index (χ2n) is 3.45. The Bertz CT molecular complexity index is 498. The molecule has 1 amide bonds. The normalized spacial score (nSPS) is 10.2. The third-order valence-electron chi connectivity index (χ3n) is 2.20. The SMILES string of the molecule is O=C(NCCc1ncn[nH]1)c1cccc(Cl)c1. The predicted molar refractivity (Wildman–Crippen MR) is 63.9 cm³/mol. The van der Waals surface area contributed by atoms with Gasteiger partial charge in [0.05, 0.1) is 0 Å². The van der Waals surface area contributed by atoms with E-state index in [-0.39, 0.29) is 5.91 Å². The molecule has 0 radical (unpaired) electrons. The molecular weight excluding hydrogens is 240 g/mol. The number of aromatic nitrogens is 3. The number of hydrogen-bond donors (Lipinski definition) is 2. The van der Waals surface area contributed by atoms with Crippen LogP contribution in [0.15, 0.2) is 30.6 Å². The van der Waals surface area contributed by atoms with Gasteiger partial charge in [-0.25, -0.2) is 4.98 Å². The van der Waals surface area contributed by atoms with E-state index >= 15 is 0 Å². The van der Waals surface area contributed by atoms with Crippen molar-refractivity contribution in [2.75, 3.05) is 6.54 Å². The molecule has 2 aromatic rings. The van der Waals surface area contributed by atoms with Gasteiger partial charge >= 0.3 is 0 Å². The Balaban J connectivity index is 1.85.